The molecule has 2 N–H and O–H groups in total. The summed E-state index contributed by atoms with van der Waals surface area (Å²) in [5.74, 6) is 0.137. The SMILES string of the molecule is CN(C)CCCNCCC(=O)NCCN1CCOCC1. The van der Waals surface area contributed by atoms with Crippen molar-refractivity contribution in [2.24, 2.45) is 0 Å². The van der Waals surface area contributed by atoms with E-state index in [-0.39, 0.29) is 5.91 Å². The van der Waals surface area contributed by atoms with Crippen molar-refractivity contribution in [3.05, 3.63) is 0 Å². The first-order valence-electron chi connectivity index (χ1n) is 7.61. The summed E-state index contributed by atoms with van der Waals surface area (Å²) in [6.07, 6.45) is 1.68. The Morgan fingerprint density at radius 1 is 1.20 bits per heavy atom. The Labute approximate surface area is 122 Å². The van der Waals surface area contributed by atoms with Crippen LogP contribution >= 0.6 is 0 Å². The van der Waals surface area contributed by atoms with Crippen molar-refractivity contribution in [3.8, 4) is 0 Å². The molecule has 1 saturated heterocycles. The van der Waals surface area contributed by atoms with E-state index in [0.717, 1.165) is 65.4 Å². The minimum absolute atomic E-state index is 0.137. The van der Waals surface area contributed by atoms with Gasteiger partial charge in [0.25, 0.3) is 0 Å². The second-order valence-corrected chi connectivity index (χ2v) is 5.46. The third-order valence-electron chi connectivity index (χ3n) is 3.34. The van der Waals surface area contributed by atoms with E-state index in [2.05, 4.69) is 34.5 Å². The lowest BCUT2D eigenvalue weighted by atomic mass is 10.3. The van der Waals surface area contributed by atoms with Gasteiger partial charge in [-0.15, -0.1) is 0 Å². The van der Waals surface area contributed by atoms with Crippen LogP contribution in [-0.4, -0.2) is 88.8 Å². The zero-order valence-corrected chi connectivity index (χ0v) is 13.0. The number of rotatable bonds is 10. The van der Waals surface area contributed by atoms with E-state index in [0.29, 0.717) is 6.42 Å². The van der Waals surface area contributed by atoms with Crippen molar-refractivity contribution in [1.29, 1.82) is 0 Å². The fourth-order valence-corrected chi connectivity index (χ4v) is 2.11. The molecule has 6 nitrogen and oxygen atoms in total. The Hall–Kier alpha value is -0.690. The highest BCUT2D eigenvalue weighted by Gasteiger charge is 2.09. The van der Waals surface area contributed by atoms with Gasteiger partial charge in [-0.05, 0) is 33.6 Å². The molecule has 118 valence electrons. The van der Waals surface area contributed by atoms with Crippen molar-refractivity contribution in [3.63, 3.8) is 0 Å². The topological polar surface area (TPSA) is 56.8 Å². The summed E-state index contributed by atoms with van der Waals surface area (Å²) in [7, 11) is 4.14. The van der Waals surface area contributed by atoms with Gasteiger partial charge >= 0.3 is 0 Å². The largest absolute Gasteiger partial charge is 0.379 e. The third kappa shape index (κ3) is 9.25. The predicted octanol–water partition coefficient (Wildman–Crippen LogP) is -0.634. The maximum Gasteiger partial charge on any atom is 0.221 e. The highest BCUT2D eigenvalue weighted by atomic mass is 16.5. The van der Waals surface area contributed by atoms with Gasteiger partial charge in [-0.2, -0.15) is 0 Å². The molecule has 0 radical (unpaired) electrons. The zero-order chi connectivity index (χ0) is 14.6. The monoisotopic (exact) mass is 286 g/mol. The molecule has 1 amide bonds. The maximum atomic E-state index is 11.6. The van der Waals surface area contributed by atoms with Crippen molar-refractivity contribution in [2.45, 2.75) is 12.8 Å². The number of hydrogen-bond acceptors (Lipinski definition) is 5. The zero-order valence-electron chi connectivity index (χ0n) is 13.0. The van der Waals surface area contributed by atoms with Crippen LogP contribution in [0.3, 0.4) is 0 Å². The van der Waals surface area contributed by atoms with E-state index in [9.17, 15) is 4.79 Å². The maximum absolute atomic E-state index is 11.6. The summed E-state index contributed by atoms with van der Waals surface area (Å²) >= 11 is 0. The molecule has 20 heavy (non-hydrogen) atoms. The smallest absolute Gasteiger partial charge is 0.221 e. The first kappa shape index (κ1) is 17.4. The lowest BCUT2D eigenvalue weighted by molar-refractivity contribution is -0.121. The highest BCUT2D eigenvalue weighted by Crippen LogP contribution is 1.94. The summed E-state index contributed by atoms with van der Waals surface area (Å²) < 4.78 is 5.29. The lowest BCUT2D eigenvalue weighted by Crippen LogP contribution is -2.41. The number of amides is 1. The number of nitrogens with zero attached hydrogens (tertiary/aromatic N) is 2. The molecule has 1 heterocycles. The molecular weight excluding hydrogens is 256 g/mol. The lowest BCUT2D eigenvalue weighted by Gasteiger charge is -2.26. The molecular formula is C14H30N4O2. The van der Waals surface area contributed by atoms with Crippen molar-refractivity contribution in [1.82, 2.24) is 20.4 Å². The average Bonchev–Trinajstić information content (AvgIpc) is 2.43. The minimum Gasteiger partial charge on any atom is -0.379 e. The van der Waals surface area contributed by atoms with Gasteiger partial charge in [0.2, 0.25) is 5.91 Å². The standard InChI is InChI=1S/C14H30N4O2/c1-17(2)8-3-5-15-6-4-14(19)16-7-9-18-10-12-20-13-11-18/h15H,3-13H2,1-2H3,(H,16,19). The van der Waals surface area contributed by atoms with E-state index in [4.69, 9.17) is 4.74 Å². The van der Waals surface area contributed by atoms with Crippen LogP contribution in [0.4, 0.5) is 0 Å². The summed E-state index contributed by atoms with van der Waals surface area (Å²) in [4.78, 5) is 16.1. The van der Waals surface area contributed by atoms with Gasteiger partial charge in [0.15, 0.2) is 0 Å². The van der Waals surface area contributed by atoms with Crippen molar-refractivity contribution < 1.29 is 9.53 Å². The molecule has 1 rings (SSSR count). The number of carbonyl (C=O) groups is 1. The van der Waals surface area contributed by atoms with Gasteiger partial charge in [0, 0.05) is 39.1 Å². The summed E-state index contributed by atoms with van der Waals surface area (Å²) in [5, 5.41) is 6.27. The average molecular weight is 286 g/mol. The second kappa shape index (κ2) is 11.0. The number of morpholine rings is 1. The van der Waals surface area contributed by atoms with E-state index in [1.165, 1.54) is 0 Å². The molecule has 0 unspecified atom stereocenters. The van der Waals surface area contributed by atoms with Crippen LogP contribution in [0, 0.1) is 0 Å². The van der Waals surface area contributed by atoms with Gasteiger partial charge in [-0.3, -0.25) is 9.69 Å². The molecule has 0 saturated carbocycles. The first-order valence-corrected chi connectivity index (χ1v) is 7.61. The van der Waals surface area contributed by atoms with Gasteiger partial charge in [-0.1, -0.05) is 0 Å². The Kier molecular flexibility index (Phi) is 9.57. The molecule has 0 spiro atoms. The summed E-state index contributed by atoms with van der Waals surface area (Å²) in [6, 6.07) is 0. The van der Waals surface area contributed by atoms with Crippen LogP contribution in [0.15, 0.2) is 0 Å². The van der Waals surface area contributed by atoms with Crippen LogP contribution in [0.2, 0.25) is 0 Å². The van der Waals surface area contributed by atoms with Gasteiger partial charge < -0.3 is 20.3 Å². The molecule has 1 aliphatic rings. The van der Waals surface area contributed by atoms with Crippen LogP contribution < -0.4 is 10.6 Å². The van der Waals surface area contributed by atoms with E-state index < -0.39 is 0 Å². The van der Waals surface area contributed by atoms with Crippen molar-refractivity contribution >= 4 is 5.91 Å². The Morgan fingerprint density at radius 2 is 1.95 bits per heavy atom. The fourth-order valence-electron chi connectivity index (χ4n) is 2.11. The van der Waals surface area contributed by atoms with E-state index in [1.54, 1.807) is 0 Å². The Balaban J connectivity index is 1.87. The van der Waals surface area contributed by atoms with Crippen LogP contribution in [0.25, 0.3) is 0 Å². The molecule has 0 bridgehead atoms. The Morgan fingerprint density at radius 3 is 2.65 bits per heavy atom. The van der Waals surface area contributed by atoms with Gasteiger partial charge in [0.05, 0.1) is 13.2 Å². The normalized spacial score (nSPS) is 16.6. The second-order valence-electron chi connectivity index (χ2n) is 5.46. The van der Waals surface area contributed by atoms with Crippen LogP contribution in [0.1, 0.15) is 12.8 Å². The fraction of sp³-hybridized carbons (Fsp3) is 0.929. The molecule has 6 heteroatoms. The minimum atomic E-state index is 0.137. The molecule has 0 atom stereocenters. The van der Waals surface area contributed by atoms with E-state index in [1.807, 2.05) is 0 Å². The summed E-state index contributed by atoms with van der Waals surface area (Å²) in [5.41, 5.74) is 0. The third-order valence-corrected chi connectivity index (χ3v) is 3.34. The molecule has 0 aliphatic carbocycles. The predicted molar refractivity (Wildman–Crippen MR) is 80.9 cm³/mol. The van der Waals surface area contributed by atoms with E-state index >= 15 is 0 Å². The van der Waals surface area contributed by atoms with Crippen LogP contribution in [-0.2, 0) is 9.53 Å². The molecule has 1 fully saturated rings. The molecule has 0 aromatic carbocycles. The number of nitrogens with one attached hydrogen (secondary N) is 2. The number of ether oxygens (including phenoxy) is 1. The molecule has 0 aromatic rings. The quantitative estimate of drug-likeness (QED) is 0.524. The van der Waals surface area contributed by atoms with Gasteiger partial charge in [0.1, 0.15) is 0 Å². The number of hydrogen-bond donors (Lipinski definition) is 2. The molecule has 1 aliphatic heterocycles. The molecule has 0 aromatic heterocycles. The highest BCUT2D eigenvalue weighted by molar-refractivity contribution is 5.76. The van der Waals surface area contributed by atoms with Gasteiger partial charge in [-0.25, -0.2) is 0 Å². The first-order chi connectivity index (χ1) is 9.68. The van der Waals surface area contributed by atoms with Crippen LogP contribution in [0.5, 0.6) is 0 Å². The number of carbonyl (C=O) groups excluding carboxylic acids is 1. The summed E-state index contributed by atoms with van der Waals surface area (Å²) in [6.45, 7) is 8.04. The Bertz CT molecular complexity index is 256. The van der Waals surface area contributed by atoms with Crippen molar-refractivity contribution in [2.75, 3.05) is 73.1 Å².